The number of carbonyl (C=O) groups excluding carboxylic acids is 1. The van der Waals surface area contributed by atoms with Gasteiger partial charge in [-0.25, -0.2) is 4.39 Å². The Morgan fingerprint density at radius 3 is 3.00 bits per heavy atom. The predicted octanol–water partition coefficient (Wildman–Crippen LogP) is 2.68. The summed E-state index contributed by atoms with van der Waals surface area (Å²) in [6, 6.07) is 4.84. The molecule has 1 saturated carbocycles. The van der Waals surface area contributed by atoms with E-state index in [-0.39, 0.29) is 11.5 Å². The molecular formula is C15H20FNO2. The van der Waals surface area contributed by atoms with Crippen LogP contribution in [-0.4, -0.2) is 25.7 Å². The Labute approximate surface area is 113 Å². The first-order chi connectivity index (χ1) is 9.18. The lowest BCUT2D eigenvalue weighted by Gasteiger charge is -2.07. The summed E-state index contributed by atoms with van der Waals surface area (Å²) in [5.41, 5.74) is 0.597. The van der Waals surface area contributed by atoms with Crippen LogP contribution in [0.3, 0.4) is 0 Å². The number of halogens is 1. The van der Waals surface area contributed by atoms with Crippen LogP contribution in [0.25, 0.3) is 0 Å². The third-order valence-corrected chi connectivity index (χ3v) is 3.24. The number of nitrogens with one attached hydrogen (secondary N) is 1. The van der Waals surface area contributed by atoms with E-state index in [0.29, 0.717) is 18.7 Å². The van der Waals surface area contributed by atoms with Gasteiger partial charge in [-0.2, -0.15) is 0 Å². The molecule has 104 valence electrons. The summed E-state index contributed by atoms with van der Waals surface area (Å²) in [5.74, 6) is -0.0376. The van der Waals surface area contributed by atoms with E-state index in [0.717, 1.165) is 18.9 Å². The summed E-state index contributed by atoms with van der Waals surface area (Å²) in [4.78, 5) is 11.8. The van der Waals surface area contributed by atoms with Crippen molar-refractivity contribution in [2.75, 3.05) is 19.8 Å². The van der Waals surface area contributed by atoms with Gasteiger partial charge in [-0.3, -0.25) is 4.79 Å². The zero-order chi connectivity index (χ0) is 13.7. The lowest BCUT2D eigenvalue weighted by atomic mass is 10.1. The molecule has 3 nitrogen and oxygen atoms in total. The third kappa shape index (κ3) is 4.31. The molecule has 4 heteroatoms. The first-order valence-corrected chi connectivity index (χ1v) is 6.79. The smallest absolute Gasteiger partial charge is 0.254 e. The molecular weight excluding hydrogens is 245 g/mol. The minimum Gasteiger partial charge on any atom is -0.381 e. The van der Waals surface area contributed by atoms with E-state index < -0.39 is 5.82 Å². The molecule has 0 aliphatic heterocycles. The highest BCUT2D eigenvalue weighted by molar-refractivity contribution is 5.94. The van der Waals surface area contributed by atoms with Gasteiger partial charge < -0.3 is 10.1 Å². The monoisotopic (exact) mass is 265 g/mol. The fourth-order valence-corrected chi connectivity index (χ4v) is 1.83. The van der Waals surface area contributed by atoms with E-state index >= 15 is 0 Å². The first-order valence-electron chi connectivity index (χ1n) is 6.79. The molecule has 2 rings (SSSR count). The van der Waals surface area contributed by atoms with Gasteiger partial charge in [0.15, 0.2) is 0 Å². The van der Waals surface area contributed by atoms with Gasteiger partial charge in [-0.15, -0.1) is 0 Å². The van der Waals surface area contributed by atoms with Crippen molar-refractivity contribution in [1.29, 1.82) is 0 Å². The molecule has 0 aromatic heterocycles. The molecule has 1 aliphatic rings. The van der Waals surface area contributed by atoms with Gasteiger partial charge >= 0.3 is 0 Å². The van der Waals surface area contributed by atoms with Gasteiger partial charge in [-0.1, -0.05) is 12.1 Å². The maximum Gasteiger partial charge on any atom is 0.254 e. The van der Waals surface area contributed by atoms with E-state index in [2.05, 4.69) is 5.32 Å². The van der Waals surface area contributed by atoms with Crippen molar-refractivity contribution >= 4 is 5.91 Å². The lowest BCUT2D eigenvalue weighted by Crippen LogP contribution is -2.26. The number of hydrogen-bond donors (Lipinski definition) is 1. The molecule has 0 bridgehead atoms. The summed E-state index contributed by atoms with van der Waals surface area (Å²) in [7, 11) is 0. The first kappa shape index (κ1) is 14.0. The van der Waals surface area contributed by atoms with Gasteiger partial charge in [0.25, 0.3) is 5.91 Å². The number of benzene rings is 1. The second-order valence-electron chi connectivity index (χ2n) is 5.06. The van der Waals surface area contributed by atoms with Crippen LogP contribution >= 0.6 is 0 Å². The van der Waals surface area contributed by atoms with E-state index in [1.807, 2.05) is 0 Å². The molecule has 19 heavy (non-hydrogen) atoms. The molecule has 0 unspecified atom stereocenters. The Kier molecular flexibility index (Phi) is 4.91. The topological polar surface area (TPSA) is 38.3 Å². The Bertz CT molecular complexity index is 444. The van der Waals surface area contributed by atoms with Crippen LogP contribution in [-0.2, 0) is 4.74 Å². The summed E-state index contributed by atoms with van der Waals surface area (Å²) in [5, 5.41) is 2.71. The summed E-state index contributed by atoms with van der Waals surface area (Å²) in [6.07, 6.45) is 3.32. The van der Waals surface area contributed by atoms with Crippen LogP contribution in [0.5, 0.6) is 0 Å². The average molecular weight is 265 g/mol. The minimum absolute atomic E-state index is 0.110. The Balaban J connectivity index is 1.67. The van der Waals surface area contributed by atoms with Crippen molar-refractivity contribution in [1.82, 2.24) is 5.32 Å². The van der Waals surface area contributed by atoms with Crippen molar-refractivity contribution in [2.45, 2.75) is 26.2 Å². The molecule has 1 aromatic rings. The van der Waals surface area contributed by atoms with Crippen molar-refractivity contribution in [3.8, 4) is 0 Å². The quantitative estimate of drug-likeness (QED) is 0.770. The number of aryl methyl sites for hydroxylation is 1. The van der Waals surface area contributed by atoms with E-state index in [4.69, 9.17) is 4.74 Å². The normalized spacial score (nSPS) is 14.4. The van der Waals surface area contributed by atoms with E-state index in [1.54, 1.807) is 19.1 Å². The number of hydrogen-bond acceptors (Lipinski definition) is 2. The van der Waals surface area contributed by atoms with Gasteiger partial charge in [0.05, 0.1) is 5.56 Å². The summed E-state index contributed by atoms with van der Waals surface area (Å²) in [6.45, 7) is 3.64. The van der Waals surface area contributed by atoms with Crippen LogP contribution in [0.15, 0.2) is 18.2 Å². The van der Waals surface area contributed by atoms with Crippen LogP contribution in [0.2, 0.25) is 0 Å². The largest absolute Gasteiger partial charge is 0.381 e. The fourth-order valence-electron chi connectivity index (χ4n) is 1.83. The van der Waals surface area contributed by atoms with Crippen molar-refractivity contribution in [3.63, 3.8) is 0 Å². The van der Waals surface area contributed by atoms with Crippen LogP contribution in [0.4, 0.5) is 4.39 Å². The number of carbonyl (C=O) groups is 1. The maximum absolute atomic E-state index is 13.7. The number of amides is 1. The minimum atomic E-state index is -0.440. The third-order valence-electron chi connectivity index (χ3n) is 3.24. The van der Waals surface area contributed by atoms with Gasteiger partial charge in [0.2, 0.25) is 0 Å². The summed E-state index contributed by atoms with van der Waals surface area (Å²) >= 11 is 0. The van der Waals surface area contributed by atoms with Crippen molar-refractivity contribution in [2.24, 2.45) is 5.92 Å². The Morgan fingerprint density at radius 1 is 1.47 bits per heavy atom. The summed E-state index contributed by atoms with van der Waals surface area (Å²) < 4.78 is 19.2. The molecule has 1 aromatic carbocycles. The van der Waals surface area contributed by atoms with Gasteiger partial charge in [0, 0.05) is 19.8 Å². The van der Waals surface area contributed by atoms with Crippen molar-refractivity contribution in [3.05, 3.63) is 35.1 Å². The van der Waals surface area contributed by atoms with Crippen LogP contribution in [0.1, 0.15) is 35.2 Å². The predicted molar refractivity (Wildman–Crippen MR) is 71.6 cm³/mol. The second kappa shape index (κ2) is 6.66. The molecule has 1 fully saturated rings. The second-order valence-corrected chi connectivity index (χ2v) is 5.06. The molecule has 1 amide bonds. The molecule has 0 atom stereocenters. The molecule has 0 heterocycles. The SMILES string of the molecule is Cc1cccc(C(=O)NCCCOCC2CC2)c1F. The molecule has 1 N–H and O–H groups in total. The highest BCUT2D eigenvalue weighted by Crippen LogP contribution is 2.28. The van der Waals surface area contributed by atoms with Gasteiger partial charge in [0.1, 0.15) is 5.82 Å². The molecule has 0 saturated heterocycles. The Hall–Kier alpha value is -1.42. The lowest BCUT2D eigenvalue weighted by molar-refractivity contribution is 0.0933. The van der Waals surface area contributed by atoms with Crippen molar-refractivity contribution < 1.29 is 13.9 Å². The zero-order valence-electron chi connectivity index (χ0n) is 11.2. The molecule has 1 aliphatic carbocycles. The highest BCUT2D eigenvalue weighted by atomic mass is 19.1. The zero-order valence-corrected chi connectivity index (χ0v) is 11.2. The van der Waals surface area contributed by atoms with E-state index in [1.165, 1.54) is 18.9 Å². The average Bonchev–Trinajstić information content (AvgIpc) is 3.20. The van der Waals surface area contributed by atoms with Crippen LogP contribution < -0.4 is 5.32 Å². The molecule has 0 radical (unpaired) electrons. The molecule has 0 spiro atoms. The standard InChI is InChI=1S/C15H20FNO2/c1-11-4-2-5-13(14(11)16)15(18)17-8-3-9-19-10-12-6-7-12/h2,4-5,12H,3,6-10H2,1H3,(H,17,18). The van der Waals surface area contributed by atoms with Crippen LogP contribution in [0, 0.1) is 18.7 Å². The number of ether oxygens (including phenoxy) is 1. The fraction of sp³-hybridized carbons (Fsp3) is 0.533. The van der Waals surface area contributed by atoms with E-state index in [9.17, 15) is 9.18 Å². The highest BCUT2D eigenvalue weighted by Gasteiger charge is 2.20. The maximum atomic E-state index is 13.7. The Morgan fingerprint density at radius 2 is 2.26 bits per heavy atom. The van der Waals surface area contributed by atoms with Gasteiger partial charge in [-0.05, 0) is 43.7 Å². The number of rotatable bonds is 7.